The molecule has 106 valence electrons. The molecule has 0 spiro atoms. The van der Waals surface area contributed by atoms with Crippen molar-refractivity contribution in [2.75, 3.05) is 13.2 Å². The van der Waals surface area contributed by atoms with Crippen LogP contribution in [-0.4, -0.2) is 23.9 Å². The number of benzene rings is 2. The van der Waals surface area contributed by atoms with Crippen molar-refractivity contribution in [1.29, 1.82) is 0 Å². The minimum absolute atomic E-state index is 0.303. The molecule has 2 aliphatic heterocycles. The van der Waals surface area contributed by atoms with Crippen molar-refractivity contribution in [3.8, 4) is 5.75 Å². The number of para-hydroxylation sites is 1. The normalized spacial score (nSPS) is 20.7. The molecule has 2 aliphatic rings. The van der Waals surface area contributed by atoms with Crippen molar-refractivity contribution < 1.29 is 4.74 Å². The van der Waals surface area contributed by atoms with Crippen LogP contribution in [0.5, 0.6) is 5.75 Å². The first-order chi connectivity index (χ1) is 10.4. The van der Waals surface area contributed by atoms with Gasteiger partial charge in [-0.15, -0.1) is 0 Å². The van der Waals surface area contributed by atoms with Crippen LogP contribution in [-0.2, 0) is 0 Å². The molecular formula is C18H18N2O. The lowest BCUT2D eigenvalue weighted by atomic mass is 9.97. The maximum Gasteiger partial charge on any atom is 0.124 e. The SMILES string of the molecule is c1ccc(C2=NN3CCCOc4ccccc4C3C2)cc1. The molecule has 4 rings (SSSR count). The van der Waals surface area contributed by atoms with E-state index in [2.05, 4.69) is 47.5 Å². The van der Waals surface area contributed by atoms with Crippen molar-refractivity contribution in [1.82, 2.24) is 5.01 Å². The minimum Gasteiger partial charge on any atom is -0.493 e. The van der Waals surface area contributed by atoms with Crippen LogP contribution in [0.15, 0.2) is 59.7 Å². The molecule has 3 heteroatoms. The van der Waals surface area contributed by atoms with Crippen molar-refractivity contribution in [3.05, 3.63) is 65.7 Å². The van der Waals surface area contributed by atoms with Gasteiger partial charge in [-0.05, 0) is 11.6 Å². The highest BCUT2D eigenvalue weighted by Gasteiger charge is 2.31. The van der Waals surface area contributed by atoms with Crippen LogP contribution in [0.25, 0.3) is 0 Å². The van der Waals surface area contributed by atoms with Gasteiger partial charge >= 0.3 is 0 Å². The molecule has 21 heavy (non-hydrogen) atoms. The van der Waals surface area contributed by atoms with Gasteiger partial charge in [0.05, 0.1) is 18.4 Å². The zero-order valence-electron chi connectivity index (χ0n) is 11.9. The maximum absolute atomic E-state index is 5.90. The monoisotopic (exact) mass is 278 g/mol. The summed E-state index contributed by atoms with van der Waals surface area (Å²) in [6, 6.07) is 19.1. The lowest BCUT2D eigenvalue weighted by Gasteiger charge is -2.28. The first kappa shape index (κ1) is 12.5. The molecule has 0 N–H and O–H groups in total. The van der Waals surface area contributed by atoms with Gasteiger partial charge in [-0.3, -0.25) is 5.01 Å². The molecule has 1 unspecified atom stereocenters. The third-order valence-corrected chi connectivity index (χ3v) is 4.17. The van der Waals surface area contributed by atoms with E-state index < -0.39 is 0 Å². The van der Waals surface area contributed by atoms with E-state index in [9.17, 15) is 0 Å². The second-order valence-electron chi connectivity index (χ2n) is 5.54. The summed E-state index contributed by atoms with van der Waals surface area (Å²) in [7, 11) is 0. The molecule has 2 heterocycles. The Balaban J connectivity index is 1.71. The van der Waals surface area contributed by atoms with E-state index in [0.29, 0.717) is 6.04 Å². The summed E-state index contributed by atoms with van der Waals surface area (Å²) in [5, 5.41) is 7.12. The predicted octanol–water partition coefficient (Wildman–Crippen LogP) is 3.62. The Morgan fingerprint density at radius 3 is 2.71 bits per heavy atom. The molecular weight excluding hydrogens is 260 g/mol. The van der Waals surface area contributed by atoms with E-state index in [1.807, 2.05) is 12.1 Å². The van der Waals surface area contributed by atoms with Crippen LogP contribution >= 0.6 is 0 Å². The van der Waals surface area contributed by atoms with Crippen LogP contribution in [0.3, 0.4) is 0 Å². The lowest BCUT2D eigenvalue weighted by Crippen LogP contribution is -2.25. The fraction of sp³-hybridized carbons (Fsp3) is 0.278. The van der Waals surface area contributed by atoms with Gasteiger partial charge in [-0.1, -0.05) is 48.5 Å². The second kappa shape index (κ2) is 5.24. The number of ether oxygens (including phenoxy) is 1. The standard InChI is InChI=1S/C18H18N2O/c1-2-7-14(8-3-1)16-13-17-15-9-4-5-10-18(15)21-12-6-11-20(17)19-16/h1-5,7-10,17H,6,11-13H2. The zero-order valence-corrected chi connectivity index (χ0v) is 11.9. The highest BCUT2D eigenvalue weighted by atomic mass is 16.5. The Morgan fingerprint density at radius 1 is 1.00 bits per heavy atom. The number of hydrogen-bond donors (Lipinski definition) is 0. The smallest absolute Gasteiger partial charge is 0.124 e. The molecule has 0 radical (unpaired) electrons. The van der Waals surface area contributed by atoms with Gasteiger partial charge in [0.2, 0.25) is 0 Å². The predicted molar refractivity (Wildman–Crippen MR) is 83.6 cm³/mol. The van der Waals surface area contributed by atoms with Crippen LogP contribution in [0.2, 0.25) is 0 Å². The number of fused-ring (bicyclic) bond motifs is 3. The molecule has 0 aliphatic carbocycles. The number of hydrazone groups is 1. The summed E-state index contributed by atoms with van der Waals surface area (Å²) in [6.07, 6.45) is 1.96. The Morgan fingerprint density at radius 2 is 1.81 bits per heavy atom. The summed E-state index contributed by atoms with van der Waals surface area (Å²) in [6.45, 7) is 1.71. The first-order valence-corrected chi connectivity index (χ1v) is 7.53. The molecule has 0 fully saturated rings. The summed E-state index contributed by atoms with van der Waals surface area (Å²) in [5.74, 6) is 1.01. The second-order valence-corrected chi connectivity index (χ2v) is 5.54. The quantitative estimate of drug-likeness (QED) is 0.796. The van der Waals surface area contributed by atoms with E-state index in [1.54, 1.807) is 0 Å². The fourth-order valence-electron chi connectivity index (χ4n) is 3.13. The number of nitrogens with zero attached hydrogens (tertiary/aromatic N) is 2. The molecule has 2 aromatic carbocycles. The van der Waals surface area contributed by atoms with Gasteiger partial charge in [-0.25, -0.2) is 0 Å². The first-order valence-electron chi connectivity index (χ1n) is 7.53. The molecule has 2 aromatic rings. The summed E-state index contributed by atoms with van der Waals surface area (Å²) in [5.41, 5.74) is 3.66. The Bertz CT molecular complexity index is 666. The number of rotatable bonds is 1. The van der Waals surface area contributed by atoms with Crippen molar-refractivity contribution in [2.24, 2.45) is 5.10 Å². The average Bonchev–Trinajstić information content (AvgIpc) is 2.94. The van der Waals surface area contributed by atoms with Gasteiger partial charge in [-0.2, -0.15) is 5.10 Å². The average molecular weight is 278 g/mol. The summed E-state index contributed by atoms with van der Waals surface area (Å²) < 4.78 is 5.90. The van der Waals surface area contributed by atoms with E-state index in [0.717, 1.165) is 31.7 Å². The largest absolute Gasteiger partial charge is 0.493 e. The van der Waals surface area contributed by atoms with E-state index in [4.69, 9.17) is 9.84 Å². The van der Waals surface area contributed by atoms with Gasteiger partial charge in [0, 0.05) is 24.9 Å². The van der Waals surface area contributed by atoms with Crippen molar-refractivity contribution in [2.45, 2.75) is 18.9 Å². The van der Waals surface area contributed by atoms with Gasteiger partial charge < -0.3 is 4.74 Å². The number of hydrogen-bond acceptors (Lipinski definition) is 3. The van der Waals surface area contributed by atoms with E-state index in [-0.39, 0.29) is 0 Å². The highest BCUT2D eigenvalue weighted by Crippen LogP contribution is 2.38. The third kappa shape index (κ3) is 2.29. The van der Waals surface area contributed by atoms with E-state index >= 15 is 0 Å². The van der Waals surface area contributed by atoms with Gasteiger partial charge in [0.15, 0.2) is 0 Å². The fourth-order valence-corrected chi connectivity index (χ4v) is 3.13. The molecule has 1 atom stereocenters. The van der Waals surface area contributed by atoms with Gasteiger partial charge in [0.25, 0.3) is 0 Å². The minimum atomic E-state index is 0.303. The van der Waals surface area contributed by atoms with E-state index in [1.165, 1.54) is 16.8 Å². The maximum atomic E-state index is 5.90. The van der Waals surface area contributed by atoms with Crippen LogP contribution < -0.4 is 4.74 Å². The zero-order chi connectivity index (χ0) is 14.1. The Labute approximate surface area is 124 Å². The lowest BCUT2D eigenvalue weighted by molar-refractivity contribution is 0.182. The third-order valence-electron chi connectivity index (χ3n) is 4.17. The molecule has 3 nitrogen and oxygen atoms in total. The highest BCUT2D eigenvalue weighted by molar-refractivity contribution is 6.01. The molecule has 0 amide bonds. The van der Waals surface area contributed by atoms with Gasteiger partial charge in [0.1, 0.15) is 5.75 Å². The van der Waals surface area contributed by atoms with Crippen molar-refractivity contribution >= 4 is 5.71 Å². The Kier molecular flexibility index (Phi) is 3.11. The van der Waals surface area contributed by atoms with Crippen molar-refractivity contribution in [3.63, 3.8) is 0 Å². The Hall–Kier alpha value is -2.29. The summed E-state index contributed by atoms with van der Waals surface area (Å²) >= 11 is 0. The van der Waals surface area contributed by atoms with Crippen LogP contribution in [0, 0.1) is 0 Å². The topological polar surface area (TPSA) is 24.8 Å². The van der Waals surface area contributed by atoms with Crippen LogP contribution in [0.4, 0.5) is 0 Å². The molecule has 0 saturated heterocycles. The molecule has 0 aromatic heterocycles. The molecule has 0 saturated carbocycles. The molecule has 0 bridgehead atoms. The van der Waals surface area contributed by atoms with Crippen LogP contribution in [0.1, 0.15) is 30.0 Å². The summed E-state index contributed by atoms with van der Waals surface area (Å²) in [4.78, 5) is 0.